The Morgan fingerprint density at radius 3 is 1.12 bits per heavy atom. The minimum Gasteiger partial charge on any atom is -0.267 e. The molecular formula is C16H30O6S2. The van der Waals surface area contributed by atoms with Crippen molar-refractivity contribution in [2.24, 2.45) is 0 Å². The summed E-state index contributed by atoms with van der Waals surface area (Å²) < 4.78 is 58.7. The highest BCUT2D eigenvalue weighted by Gasteiger charge is 2.26. The molecule has 6 nitrogen and oxygen atoms in total. The maximum atomic E-state index is 12.1. The van der Waals surface area contributed by atoms with Crippen LogP contribution in [0.1, 0.15) is 77.0 Å². The van der Waals surface area contributed by atoms with E-state index in [-0.39, 0.29) is 12.2 Å². The summed E-state index contributed by atoms with van der Waals surface area (Å²) in [5.74, 6) is -1.06. The maximum Gasteiger partial charge on any atom is 0.268 e. The lowest BCUT2D eigenvalue weighted by atomic mass is 10.2. The number of hydrogen-bond donors (Lipinski definition) is 0. The number of rotatable bonds is 7. The first-order chi connectivity index (χ1) is 11.4. The fraction of sp³-hybridized carbons (Fsp3) is 1.00. The van der Waals surface area contributed by atoms with Gasteiger partial charge in [0.15, 0.2) is 0 Å². The molecule has 142 valence electrons. The lowest BCUT2D eigenvalue weighted by Crippen LogP contribution is -2.27. The summed E-state index contributed by atoms with van der Waals surface area (Å²) in [6, 6.07) is 0. The molecule has 0 amide bonds. The molecule has 2 fully saturated rings. The Hall–Kier alpha value is -0.180. The molecule has 0 N–H and O–H groups in total. The van der Waals surface area contributed by atoms with Gasteiger partial charge in [0.1, 0.15) is 0 Å². The maximum absolute atomic E-state index is 12.1. The van der Waals surface area contributed by atoms with Gasteiger partial charge in [-0.05, 0) is 25.7 Å². The highest BCUT2D eigenvalue weighted by molar-refractivity contribution is 7.90. The van der Waals surface area contributed by atoms with Crippen molar-refractivity contribution in [2.75, 3.05) is 11.5 Å². The van der Waals surface area contributed by atoms with Crippen molar-refractivity contribution in [1.82, 2.24) is 0 Å². The summed E-state index contributed by atoms with van der Waals surface area (Å²) in [4.78, 5) is 0. The van der Waals surface area contributed by atoms with Crippen LogP contribution < -0.4 is 0 Å². The monoisotopic (exact) mass is 382 g/mol. The third-order valence-electron chi connectivity index (χ3n) is 4.75. The van der Waals surface area contributed by atoms with Crippen LogP contribution in [0.5, 0.6) is 0 Å². The van der Waals surface area contributed by atoms with Gasteiger partial charge in [0.2, 0.25) is 0 Å². The number of hydrogen-bond acceptors (Lipinski definition) is 6. The van der Waals surface area contributed by atoms with Gasteiger partial charge in [-0.1, -0.05) is 51.4 Å². The third-order valence-corrected chi connectivity index (χ3v) is 7.55. The highest BCUT2D eigenvalue weighted by Crippen LogP contribution is 2.23. The molecule has 0 aromatic heterocycles. The van der Waals surface area contributed by atoms with Crippen LogP contribution in [0.2, 0.25) is 0 Å². The molecule has 2 aliphatic carbocycles. The lowest BCUT2D eigenvalue weighted by Gasteiger charge is -2.17. The Morgan fingerprint density at radius 2 is 0.833 bits per heavy atom. The van der Waals surface area contributed by atoms with Crippen molar-refractivity contribution in [3.05, 3.63) is 0 Å². The van der Waals surface area contributed by atoms with Crippen LogP contribution in [0.15, 0.2) is 0 Å². The summed E-state index contributed by atoms with van der Waals surface area (Å²) in [5, 5.41) is 0. The topological polar surface area (TPSA) is 86.7 Å². The second-order valence-corrected chi connectivity index (χ2v) is 10.4. The van der Waals surface area contributed by atoms with Crippen molar-refractivity contribution < 1.29 is 25.2 Å². The van der Waals surface area contributed by atoms with Crippen LogP contribution in [-0.4, -0.2) is 40.5 Å². The SMILES string of the molecule is O=S(=O)(CCS(=O)(=O)OC1CCCCCC1)OC1CCCCCC1. The average molecular weight is 383 g/mol. The Morgan fingerprint density at radius 1 is 0.542 bits per heavy atom. The van der Waals surface area contributed by atoms with Crippen molar-refractivity contribution in [2.45, 2.75) is 89.3 Å². The molecule has 0 unspecified atom stereocenters. The van der Waals surface area contributed by atoms with E-state index in [1.807, 2.05) is 0 Å². The zero-order valence-electron chi connectivity index (χ0n) is 14.3. The van der Waals surface area contributed by atoms with Gasteiger partial charge in [-0.2, -0.15) is 16.8 Å². The quantitative estimate of drug-likeness (QED) is 0.497. The van der Waals surface area contributed by atoms with E-state index in [9.17, 15) is 16.8 Å². The molecule has 0 atom stereocenters. The molecule has 0 saturated heterocycles. The first-order valence-electron chi connectivity index (χ1n) is 9.18. The first kappa shape index (κ1) is 20.1. The summed E-state index contributed by atoms with van der Waals surface area (Å²) in [6.07, 6.45) is 10.6. The standard InChI is InChI=1S/C16H30O6S2/c17-23(18,21-15-9-5-1-2-6-10-15)13-14-24(19,20)22-16-11-7-3-4-8-12-16/h15-16H,1-14H2. The lowest BCUT2D eigenvalue weighted by molar-refractivity contribution is 0.187. The predicted molar refractivity (Wildman–Crippen MR) is 92.7 cm³/mol. The molecule has 0 aromatic carbocycles. The van der Waals surface area contributed by atoms with Gasteiger partial charge in [-0.15, -0.1) is 0 Å². The molecule has 0 spiro atoms. The van der Waals surface area contributed by atoms with Crippen molar-refractivity contribution in [3.63, 3.8) is 0 Å². The summed E-state index contributed by atoms with van der Waals surface area (Å²) >= 11 is 0. The molecule has 8 heteroatoms. The minimum atomic E-state index is -3.84. The van der Waals surface area contributed by atoms with Gasteiger partial charge in [0.25, 0.3) is 20.2 Å². The fourth-order valence-electron chi connectivity index (χ4n) is 3.39. The van der Waals surface area contributed by atoms with Crippen LogP contribution in [0, 0.1) is 0 Å². The molecule has 2 aliphatic rings. The largest absolute Gasteiger partial charge is 0.268 e. The molecule has 2 rings (SSSR count). The average Bonchev–Trinajstić information content (AvgIpc) is 2.90. The van der Waals surface area contributed by atoms with E-state index in [4.69, 9.17) is 8.37 Å². The van der Waals surface area contributed by atoms with Gasteiger partial charge in [0, 0.05) is 0 Å². The normalized spacial score (nSPS) is 22.8. The third kappa shape index (κ3) is 7.80. The Labute approximate surface area is 146 Å². The zero-order chi connectivity index (χ0) is 17.5. The van der Waals surface area contributed by atoms with Gasteiger partial charge in [-0.3, -0.25) is 8.37 Å². The van der Waals surface area contributed by atoms with E-state index in [1.54, 1.807) is 0 Å². The summed E-state index contributed by atoms with van der Waals surface area (Å²) in [7, 11) is -7.68. The molecule has 0 heterocycles. The van der Waals surface area contributed by atoms with Gasteiger partial charge in [-0.25, -0.2) is 0 Å². The molecule has 0 aliphatic heterocycles. The van der Waals surface area contributed by atoms with E-state index in [1.165, 1.54) is 0 Å². The Balaban J connectivity index is 1.80. The van der Waals surface area contributed by atoms with Gasteiger partial charge in [0.05, 0.1) is 23.7 Å². The van der Waals surface area contributed by atoms with Gasteiger partial charge < -0.3 is 0 Å². The van der Waals surface area contributed by atoms with E-state index in [0.29, 0.717) is 0 Å². The van der Waals surface area contributed by atoms with Crippen molar-refractivity contribution >= 4 is 20.2 Å². The molecule has 24 heavy (non-hydrogen) atoms. The molecular weight excluding hydrogens is 352 g/mol. The van der Waals surface area contributed by atoms with Crippen LogP contribution in [0.3, 0.4) is 0 Å². The van der Waals surface area contributed by atoms with Crippen LogP contribution in [0.4, 0.5) is 0 Å². The second kappa shape index (κ2) is 9.50. The fourth-order valence-corrected chi connectivity index (χ4v) is 6.43. The zero-order valence-corrected chi connectivity index (χ0v) is 16.0. The van der Waals surface area contributed by atoms with E-state index in [2.05, 4.69) is 0 Å². The smallest absolute Gasteiger partial charge is 0.267 e. The molecule has 0 bridgehead atoms. The minimum absolute atomic E-state index is 0.303. The van der Waals surface area contributed by atoms with E-state index >= 15 is 0 Å². The predicted octanol–water partition coefficient (Wildman–Crippen LogP) is 3.12. The van der Waals surface area contributed by atoms with Crippen LogP contribution in [-0.2, 0) is 28.6 Å². The Bertz CT molecular complexity index is 501. The molecule has 0 radical (unpaired) electrons. The van der Waals surface area contributed by atoms with Gasteiger partial charge >= 0.3 is 0 Å². The molecule has 2 saturated carbocycles. The first-order valence-corrected chi connectivity index (χ1v) is 12.3. The summed E-state index contributed by atoms with van der Waals surface area (Å²) in [6.45, 7) is 0. The van der Waals surface area contributed by atoms with Crippen LogP contribution in [0.25, 0.3) is 0 Å². The van der Waals surface area contributed by atoms with Crippen molar-refractivity contribution in [1.29, 1.82) is 0 Å². The van der Waals surface area contributed by atoms with Crippen molar-refractivity contribution in [3.8, 4) is 0 Å². The van der Waals surface area contributed by atoms with Crippen LogP contribution >= 0.6 is 0 Å². The van der Waals surface area contributed by atoms with E-state index in [0.717, 1.165) is 77.0 Å². The van der Waals surface area contributed by atoms with E-state index < -0.39 is 31.7 Å². The second-order valence-electron chi connectivity index (χ2n) is 6.94. The molecule has 0 aromatic rings. The summed E-state index contributed by atoms with van der Waals surface area (Å²) in [5.41, 5.74) is 0. The Kier molecular flexibility index (Phi) is 7.97. The highest BCUT2D eigenvalue weighted by atomic mass is 32.2.